The summed E-state index contributed by atoms with van der Waals surface area (Å²) < 4.78 is 31.8. The number of benzene rings is 1. The number of aromatic nitrogens is 2. The molecule has 106 valence electrons. The second-order valence-corrected chi connectivity index (χ2v) is 6.03. The monoisotopic (exact) mass is 313 g/mol. The molecule has 0 aliphatic heterocycles. The lowest BCUT2D eigenvalue weighted by molar-refractivity contribution is 0.411. The largest absolute Gasteiger partial charge is 0.496 e. The highest BCUT2D eigenvalue weighted by molar-refractivity contribution is 7.92. The smallest absolute Gasteiger partial charge is 0.263 e. The van der Waals surface area contributed by atoms with E-state index in [2.05, 4.69) is 14.7 Å². The van der Waals surface area contributed by atoms with Gasteiger partial charge in [0.05, 0.1) is 24.4 Å². The predicted molar refractivity (Wildman–Crippen MR) is 75.6 cm³/mol. The first-order valence-electron chi connectivity index (χ1n) is 5.57. The summed E-state index contributed by atoms with van der Waals surface area (Å²) in [5.74, 6) is 0.678. The van der Waals surface area contributed by atoms with Gasteiger partial charge in [-0.15, -0.1) is 0 Å². The number of sulfonamides is 1. The molecule has 1 aromatic carbocycles. The minimum atomic E-state index is -3.74. The van der Waals surface area contributed by atoms with Crippen molar-refractivity contribution in [3.63, 3.8) is 0 Å². The van der Waals surface area contributed by atoms with Gasteiger partial charge in [0.15, 0.2) is 5.82 Å². The van der Waals surface area contributed by atoms with Crippen LogP contribution in [-0.2, 0) is 10.0 Å². The van der Waals surface area contributed by atoms with Gasteiger partial charge in [-0.05, 0) is 30.7 Å². The Balaban J connectivity index is 2.33. The lowest BCUT2D eigenvalue weighted by Gasteiger charge is -2.09. The van der Waals surface area contributed by atoms with Crippen LogP contribution in [0.15, 0.2) is 35.5 Å². The average Bonchev–Trinajstić information content (AvgIpc) is 2.38. The van der Waals surface area contributed by atoms with E-state index >= 15 is 0 Å². The molecule has 2 aromatic rings. The number of hydrogen-bond donors (Lipinski definition) is 1. The zero-order valence-corrected chi connectivity index (χ0v) is 12.4. The molecule has 1 heterocycles. The van der Waals surface area contributed by atoms with Crippen molar-refractivity contribution in [2.45, 2.75) is 11.8 Å². The number of nitrogens with zero attached hydrogens (tertiary/aromatic N) is 2. The Bertz CT molecular complexity index is 734. The number of halogens is 1. The first-order valence-corrected chi connectivity index (χ1v) is 7.43. The molecule has 20 heavy (non-hydrogen) atoms. The van der Waals surface area contributed by atoms with E-state index in [9.17, 15) is 8.42 Å². The van der Waals surface area contributed by atoms with Gasteiger partial charge in [-0.25, -0.2) is 13.4 Å². The van der Waals surface area contributed by atoms with Crippen LogP contribution in [0.5, 0.6) is 5.75 Å². The number of rotatable bonds is 4. The topological polar surface area (TPSA) is 81.2 Å². The van der Waals surface area contributed by atoms with E-state index in [4.69, 9.17) is 16.3 Å². The van der Waals surface area contributed by atoms with E-state index in [1.807, 2.05) is 0 Å². The van der Waals surface area contributed by atoms with Gasteiger partial charge in [0.1, 0.15) is 10.9 Å². The molecule has 0 amide bonds. The maximum absolute atomic E-state index is 12.2. The third kappa shape index (κ3) is 3.17. The molecule has 0 saturated heterocycles. The molecular weight excluding hydrogens is 302 g/mol. The number of methoxy groups -OCH3 is 1. The lowest BCUT2D eigenvalue weighted by atomic mass is 10.2. The fraction of sp³-hybridized carbons (Fsp3) is 0.167. The predicted octanol–water partition coefficient (Wildman–Crippen LogP) is 2.25. The Kier molecular flexibility index (Phi) is 4.10. The van der Waals surface area contributed by atoms with Crippen LogP contribution in [0.3, 0.4) is 0 Å². The van der Waals surface area contributed by atoms with Crippen LogP contribution in [0.25, 0.3) is 0 Å². The van der Waals surface area contributed by atoms with Gasteiger partial charge in [0.2, 0.25) is 0 Å². The fourth-order valence-corrected chi connectivity index (χ4v) is 2.82. The summed E-state index contributed by atoms with van der Waals surface area (Å²) in [6, 6.07) is 4.55. The molecule has 6 nitrogen and oxygen atoms in total. The Morgan fingerprint density at radius 1 is 1.30 bits per heavy atom. The Hall–Kier alpha value is -1.86. The molecule has 0 spiro atoms. The average molecular weight is 314 g/mol. The summed E-state index contributed by atoms with van der Waals surface area (Å²) in [7, 11) is -2.22. The maximum atomic E-state index is 12.2. The number of nitrogens with one attached hydrogen (secondary N) is 1. The van der Waals surface area contributed by atoms with Crippen LogP contribution in [0.2, 0.25) is 5.15 Å². The summed E-state index contributed by atoms with van der Waals surface area (Å²) in [4.78, 5) is 7.70. The van der Waals surface area contributed by atoms with Crippen molar-refractivity contribution >= 4 is 27.4 Å². The number of anilines is 1. The van der Waals surface area contributed by atoms with Gasteiger partial charge in [0.25, 0.3) is 10.0 Å². The van der Waals surface area contributed by atoms with Crippen LogP contribution in [0, 0.1) is 6.92 Å². The third-order valence-corrected chi connectivity index (χ3v) is 4.06. The van der Waals surface area contributed by atoms with Gasteiger partial charge < -0.3 is 4.74 Å². The summed E-state index contributed by atoms with van der Waals surface area (Å²) in [6.45, 7) is 1.76. The zero-order valence-electron chi connectivity index (χ0n) is 10.8. The van der Waals surface area contributed by atoms with Crippen LogP contribution in [0.1, 0.15) is 5.56 Å². The molecule has 1 N–H and O–H groups in total. The Labute approximate surface area is 121 Å². The molecule has 0 fully saturated rings. The van der Waals surface area contributed by atoms with Crippen LogP contribution in [-0.4, -0.2) is 25.5 Å². The van der Waals surface area contributed by atoms with Crippen LogP contribution < -0.4 is 9.46 Å². The maximum Gasteiger partial charge on any atom is 0.263 e. The zero-order chi connectivity index (χ0) is 14.8. The minimum absolute atomic E-state index is 0.0611. The van der Waals surface area contributed by atoms with E-state index in [0.717, 1.165) is 0 Å². The quantitative estimate of drug-likeness (QED) is 0.936. The lowest BCUT2D eigenvalue weighted by Crippen LogP contribution is -2.14. The highest BCUT2D eigenvalue weighted by Crippen LogP contribution is 2.22. The molecule has 2 rings (SSSR count). The second kappa shape index (κ2) is 5.64. The van der Waals surface area contributed by atoms with Crippen molar-refractivity contribution in [1.82, 2.24) is 9.97 Å². The molecule has 0 bridgehead atoms. The molecule has 0 saturated carbocycles. The van der Waals surface area contributed by atoms with Gasteiger partial charge in [-0.3, -0.25) is 9.71 Å². The van der Waals surface area contributed by atoms with E-state index in [1.165, 1.54) is 31.6 Å². The van der Waals surface area contributed by atoms with E-state index < -0.39 is 10.0 Å². The molecule has 0 aliphatic carbocycles. The third-order valence-electron chi connectivity index (χ3n) is 2.52. The molecule has 0 atom stereocenters. The number of ether oxygens (including phenoxy) is 1. The molecule has 0 aliphatic rings. The van der Waals surface area contributed by atoms with E-state index in [1.54, 1.807) is 13.0 Å². The summed E-state index contributed by atoms with van der Waals surface area (Å²) in [5, 5.41) is 0.108. The summed E-state index contributed by atoms with van der Waals surface area (Å²) in [6.07, 6.45) is 2.59. The number of hydrogen-bond acceptors (Lipinski definition) is 5. The highest BCUT2D eigenvalue weighted by atomic mass is 35.5. The number of aryl methyl sites for hydroxylation is 1. The van der Waals surface area contributed by atoms with Crippen molar-refractivity contribution in [2.75, 3.05) is 11.8 Å². The van der Waals surface area contributed by atoms with Gasteiger partial charge >= 0.3 is 0 Å². The van der Waals surface area contributed by atoms with Crippen molar-refractivity contribution in [3.8, 4) is 5.75 Å². The summed E-state index contributed by atoms with van der Waals surface area (Å²) in [5.41, 5.74) is 0.715. The van der Waals surface area contributed by atoms with E-state index in [0.29, 0.717) is 11.3 Å². The Morgan fingerprint density at radius 3 is 2.65 bits per heavy atom. The van der Waals surface area contributed by atoms with Crippen molar-refractivity contribution in [3.05, 3.63) is 41.3 Å². The SMILES string of the molecule is COc1ccc(S(=O)(=O)Nc2cncc(Cl)n2)cc1C. The molecule has 0 unspecified atom stereocenters. The van der Waals surface area contributed by atoms with Crippen LogP contribution >= 0.6 is 11.6 Å². The minimum Gasteiger partial charge on any atom is -0.496 e. The first kappa shape index (κ1) is 14.5. The van der Waals surface area contributed by atoms with Crippen molar-refractivity contribution < 1.29 is 13.2 Å². The molecule has 0 radical (unpaired) electrons. The first-order chi connectivity index (χ1) is 9.42. The fourth-order valence-electron chi connectivity index (χ4n) is 1.61. The van der Waals surface area contributed by atoms with Crippen molar-refractivity contribution in [1.29, 1.82) is 0 Å². The van der Waals surface area contributed by atoms with Gasteiger partial charge in [-0.1, -0.05) is 11.6 Å². The van der Waals surface area contributed by atoms with Gasteiger partial charge in [0, 0.05) is 0 Å². The second-order valence-electron chi connectivity index (χ2n) is 3.96. The Morgan fingerprint density at radius 2 is 2.05 bits per heavy atom. The van der Waals surface area contributed by atoms with E-state index in [-0.39, 0.29) is 15.9 Å². The normalized spacial score (nSPS) is 11.2. The van der Waals surface area contributed by atoms with Crippen LogP contribution in [0.4, 0.5) is 5.82 Å². The molecule has 8 heteroatoms. The molecule has 1 aromatic heterocycles. The standard InChI is InChI=1S/C12H12ClN3O3S/c1-8-5-9(3-4-10(8)19-2)20(17,18)16-12-7-14-6-11(13)15-12/h3-7H,1-2H3,(H,15,16). The molecular formula is C12H12ClN3O3S. The van der Waals surface area contributed by atoms with Gasteiger partial charge in [-0.2, -0.15) is 0 Å². The highest BCUT2D eigenvalue weighted by Gasteiger charge is 2.16. The summed E-state index contributed by atoms with van der Waals surface area (Å²) >= 11 is 5.66. The van der Waals surface area contributed by atoms with Crippen molar-refractivity contribution in [2.24, 2.45) is 0 Å².